The van der Waals surface area contributed by atoms with E-state index in [1.807, 2.05) is 33.3 Å². The van der Waals surface area contributed by atoms with E-state index in [0.717, 1.165) is 77.0 Å². The van der Waals surface area contributed by atoms with E-state index in [-0.39, 0.29) is 26.1 Å². The maximum Gasteiger partial charge on any atom is 0.472 e. The Kier molecular flexibility index (Phi) is 34.0. The summed E-state index contributed by atoms with van der Waals surface area (Å²) < 4.78 is 34.1. The van der Waals surface area contributed by atoms with Crippen molar-refractivity contribution in [2.24, 2.45) is 0 Å². The molecule has 2 atom stereocenters. The van der Waals surface area contributed by atoms with Gasteiger partial charge in [0.2, 0.25) is 0 Å². The molecule has 0 aliphatic heterocycles. The van der Waals surface area contributed by atoms with Gasteiger partial charge in [-0.15, -0.1) is 0 Å². The van der Waals surface area contributed by atoms with Crippen molar-refractivity contribution in [2.75, 3.05) is 47.5 Å². The second-order valence-electron chi connectivity index (χ2n) is 14.3. The minimum atomic E-state index is -4.39. The number of ether oxygens (including phenoxy) is 2. The minimum Gasteiger partial charge on any atom is -0.462 e. The SMILES string of the molecule is CC/C=C\C/C=C\C/C=C\C/C=C\C/C=C\C/C=C\CCC(=O)OC[C@H](COP(=O)(O)OCC[N+](C)(C)C)OC(=O)CCCCCCC/C=C\CCCC. The van der Waals surface area contributed by atoms with Crippen molar-refractivity contribution in [2.45, 2.75) is 136 Å². The Labute approximate surface area is 329 Å². The molecule has 0 aliphatic carbocycles. The van der Waals surface area contributed by atoms with Gasteiger partial charge in [0.1, 0.15) is 19.8 Å². The molecule has 1 unspecified atom stereocenters. The first-order valence-corrected chi connectivity index (χ1v) is 21.8. The molecule has 0 aromatic rings. The number of allylic oxidation sites excluding steroid dienone is 14. The number of hydrogen-bond acceptors (Lipinski definition) is 7. The molecule has 0 radical (unpaired) electrons. The lowest BCUT2D eigenvalue weighted by atomic mass is 10.1. The standard InChI is InChI=1S/C44H74NO8P/c1-6-8-10-12-14-16-18-19-20-21-22-23-24-25-27-28-30-32-34-36-43(46)50-40-42(41-52-54(48,49)51-39-38-45(3,4)5)53-44(47)37-35-33-31-29-26-17-15-13-11-9-7-2/h8,10,13-16,19-20,22-23,25,27,30,32,42H,6-7,9,11-12,17-18,21,24,26,28-29,31,33-41H2,1-5H3/p+1/b10-8-,15-13-,16-14-,20-19-,23-22-,27-25-,32-30-/t42-/m1/s1. The summed E-state index contributed by atoms with van der Waals surface area (Å²) in [5.41, 5.74) is 0. The third kappa shape index (κ3) is 38.9. The van der Waals surface area contributed by atoms with Crippen LogP contribution in [0.2, 0.25) is 0 Å². The van der Waals surface area contributed by atoms with E-state index >= 15 is 0 Å². The molecule has 54 heavy (non-hydrogen) atoms. The first-order valence-electron chi connectivity index (χ1n) is 20.3. The van der Waals surface area contributed by atoms with Gasteiger partial charge < -0.3 is 18.9 Å². The zero-order valence-corrected chi connectivity index (χ0v) is 35.3. The highest BCUT2D eigenvalue weighted by Crippen LogP contribution is 2.43. The van der Waals surface area contributed by atoms with E-state index in [1.54, 1.807) is 0 Å². The van der Waals surface area contributed by atoms with Gasteiger partial charge in [-0.2, -0.15) is 0 Å². The molecular formula is C44H75NO8P+. The monoisotopic (exact) mass is 777 g/mol. The molecule has 0 saturated carbocycles. The molecule has 0 spiro atoms. The van der Waals surface area contributed by atoms with Gasteiger partial charge >= 0.3 is 19.8 Å². The summed E-state index contributed by atoms with van der Waals surface area (Å²) in [6, 6.07) is 0. The van der Waals surface area contributed by atoms with Gasteiger partial charge in [-0.3, -0.25) is 18.6 Å². The quantitative estimate of drug-likeness (QED) is 0.0223. The number of phosphoric ester groups is 1. The largest absolute Gasteiger partial charge is 0.472 e. The molecular weight excluding hydrogens is 701 g/mol. The lowest BCUT2D eigenvalue weighted by Crippen LogP contribution is -2.37. The summed E-state index contributed by atoms with van der Waals surface area (Å²) in [4.78, 5) is 35.2. The Morgan fingerprint density at radius 2 is 1.09 bits per heavy atom. The number of carbonyl (C=O) groups is 2. The average Bonchev–Trinajstić information content (AvgIpc) is 3.12. The molecule has 0 bridgehead atoms. The summed E-state index contributed by atoms with van der Waals surface area (Å²) in [6.07, 6.45) is 45.1. The molecule has 10 heteroatoms. The fourth-order valence-corrected chi connectivity index (χ4v) is 5.47. The van der Waals surface area contributed by atoms with Crippen molar-refractivity contribution in [1.82, 2.24) is 0 Å². The molecule has 0 rings (SSSR count). The highest BCUT2D eigenvalue weighted by Gasteiger charge is 2.27. The van der Waals surface area contributed by atoms with Gasteiger partial charge in [-0.25, -0.2) is 4.57 Å². The lowest BCUT2D eigenvalue weighted by Gasteiger charge is -2.24. The number of likely N-dealkylation sites (N-methyl/N-ethyl adjacent to an activating group) is 1. The van der Waals surface area contributed by atoms with Gasteiger partial charge in [0.15, 0.2) is 6.10 Å². The zero-order valence-electron chi connectivity index (χ0n) is 34.4. The van der Waals surface area contributed by atoms with Crippen molar-refractivity contribution < 1.29 is 42.1 Å². The fraction of sp³-hybridized carbons (Fsp3) is 0.636. The number of quaternary nitrogens is 1. The van der Waals surface area contributed by atoms with Crippen molar-refractivity contribution >= 4 is 19.8 Å². The Morgan fingerprint density at radius 1 is 0.593 bits per heavy atom. The maximum absolute atomic E-state index is 12.6. The van der Waals surface area contributed by atoms with Crippen LogP contribution >= 0.6 is 7.82 Å². The highest BCUT2D eigenvalue weighted by atomic mass is 31.2. The Bertz CT molecular complexity index is 1200. The van der Waals surface area contributed by atoms with Gasteiger partial charge in [-0.05, 0) is 70.6 Å². The van der Waals surface area contributed by atoms with Crippen LogP contribution in [-0.2, 0) is 32.7 Å². The molecule has 9 nitrogen and oxygen atoms in total. The predicted molar refractivity (Wildman–Crippen MR) is 224 cm³/mol. The Morgan fingerprint density at radius 3 is 1.65 bits per heavy atom. The van der Waals surface area contributed by atoms with E-state index in [2.05, 4.69) is 86.8 Å². The normalized spacial score (nSPS) is 14.6. The first kappa shape index (κ1) is 51.2. The molecule has 308 valence electrons. The molecule has 1 N–H and O–H groups in total. The second-order valence-corrected chi connectivity index (χ2v) is 15.7. The minimum absolute atomic E-state index is 0.0143. The Balaban J connectivity index is 4.53. The van der Waals surface area contributed by atoms with Crippen LogP contribution in [0.25, 0.3) is 0 Å². The average molecular weight is 777 g/mol. The topological polar surface area (TPSA) is 108 Å². The van der Waals surface area contributed by atoms with E-state index in [4.69, 9.17) is 18.5 Å². The lowest BCUT2D eigenvalue weighted by molar-refractivity contribution is -0.870. The Hall–Kier alpha value is -2.81. The van der Waals surface area contributed by atoms with Crippen molar-refractivity contribution in [1.29, 1.82) is 0 Å². The van der Waals surface area contributed by atoms with Crippen molar-refractivity contribution in [3.8, 4) is 0 Å². The molecule has 0 aromatic carbocycles. The number of esters is 2. The molecule has 0 aromatic heterocycles. The summed E-state index contributed by atoms with van der Waals surface area (Å²) in [7, 11) is 1.42. The summed E-state index contributed by atoms with van der Waals surface area (Å²) in [5.74, 6) is -0.919. The predicted octanol–water partition coefficient (Wildman–Crippen LogP) is 11.2. The van der Waals surface area contributed by atoms with E-state index in [0.29, 0.717) is 23.9 Å². The number of unbranched alkanes of at least 4 members (excludes halogenated alkanes) is 7. The van der Waals surface area contributed by atoms with Crippen LogP contribution in [0.15, 0.2) is 85.1 Å². The van der Waals surface area contributed by atoms with Crippen molar-refractivity contribution in [3.05, 3.63) is 85.1 Å². The molecule has 0 amide bonds. The number of hydrogen-bond donors (Lipinski definition) is 1. The third-order valence-electron chi connectivity index (χ3n) is 7.92. The van der Waals surface area contributed by atoms with Gasteiger partial charge in [0.25, 0.3) is 0 Å². The van der Waals surface area contributed by atoms with Crippen molar-refractivity contribution in [3.63, 3.8) is 0 Å². The third-order valence-corrected chi connectivity index (χ3v) is 8.91. The van der Waals surface area contributed by atoms with E-state index in [1.165, 1.54) is 12.8 Å². The van der Waals surface area contributed by atoms with Gasteiger partial charge in [-0.1, -0.05) is 131 Å². The molecule has 0 saturated heterocycles. The number of rotatable bonds is 35. The summed E-state index contributed by atoms with van der Waals surface area (Å²) >= 11 is 0. The molecule has 0 aliphatic rings. The van der Waals surface area contributed by atoms with Crippen LogP contribution < -0.4 is 0 Å². The van der Waals surface area contributed by atoms with E-state index in [9.17, 15) is 19.0 Å². The van der Waals surface area contributed by atoms with E-state index < -0.39 is 32.5 Å². The second kappa shape index (κ2) is 35.9. The summed E-state index contributed by atoms with van der Waals surface area (Å²) in [5, 5.41) is 0. The van der Waals surface area contributed by atoms with Crippen LogP contribution in [0.3, 0.4) is 0 Å². The maximum atomic E-state index is 12.6. The molecule has 0 heterocycles. The number of phosphoric acid groups is 1. The first-order chi connectivity index (χ1) is 26.0. The molecule has 0 fully saturated rings. The zero-order chi connectivity index (χ0) is 40.0. The number of carbonyl (C=O) groups excluding carboxylic acids is 2. The van der Waals surface area contributed by atoms with Crippen LogP contribution in [-0.4, -0.2) is 74.9 Å². The van der Waals surface area contributed by atoms with Crippen LogP contribution in [0, 0.1) is 0 Å². The van der Waals surface area contributed by atoms with Gasteiger partial charge in [0.05, 0.1) is 27.7 Å². The fourth-order valence-electron chi connectivity index (χ4n) is 4.72. The van der Waals surface area contributed by atoms with Crippen LogP contribution in [0.5, 0.6) is 0 Å². The smallest absolute Gasteiger partial charge is 0.462 e. The van der Waals surface area contributed by atoms with Crippen LogP contribution in [0.4, 0.5) is 0 Å². The summed E-state index contributed by atoms with van der Waals surface area (Å²) in [6.45, 7) is 4.13. The van der Waals surface area contributed by atoms with Crippen LogP contribution in [0.1, 0.15) is 129 Å². The van der Waals surface area contributed by atoms with Gasteiger partial charge in [0, 0.05) is 12.8 Å². The number of nitrogens with zero attached hydrogens (tertiary/aromatic N) is 1. The highest BCUT2D eigenvalue weighted by molar-refractivity contribution is 7.47.